The maximum absolute atomic E-state index is 4.60. The molecule has 17 heavy (non-hydrogen) atoms. The van der Waals surface area contributed by atoms with E-state index in [9.17, 15) is 0 Å². The van der Waals surface area contributed by atoms with Crippen LogP contribution >= 0.6 is 11.3 Å². The topological polar surface area (TPSA) is 24.9 Å². The van der Waals surface area contributed by atoms with Gasteiger partial charge in [-0.3, -0.25) is 0 Å². The summed E-state index contributed by atoms with van der Waals surface area (Å²) in [4.78, 5) is 5.94. The van der Waals surface area contributed by atoms with E-state index in [1.165, 1.54) is 49.1 Å². The third-order valence-corrected chi connectivity index (χ3v) is 5.00. The highest BCUT2D eigenvalue weighted by Crippen LogP contribution is 2.31. The van der Waals surface area contributed by atoms with Crippen molar-refractivity contribution in [2.24, 2.45) is 5.92 Å². The Morgan fingerprint density at radius 1 is 1.29 bits per heavy atom. The van der Waals surface area contributed by atoms with Crippen LogP contribution in [0.1, 0.15) is 56.0 Å². The fourth-order valence-electron chi connectivity index (χ4n) is 2.78. The van der Waals surface area contributed by atoms with Crippen molar-refractivity contribution in [1.82, 2.24) is 4.98 Å². The average Bonchev–Trinajstić information content (AvgIpc) is 2.67. The van der Waals surface area contributed by atoms with Crippen LogP contribution in [0.15, 0.2) is 0 Å². The Kier molecular flexibility index (Phi) is 4.43. The number of hydrogen-bond donors (Lipinski definition) is 1. The standard InChI is InChI=1S/C14H24N2S/c1-4-13(12-8-6-5-7-9-12)16-14-15-10(2)11(3)17-14/h12-13H,4-9H2,1-3H3,(H,15,16). The molecule has 1 atom stereocenters. The van der Waals surface area contributed by atoms with E-state index in [2.05, 4.69) is 31.1 Å². The van der Waals surface area contributed by atoms with E-state index in [0.29, 0.717) is 6.04 Å². The van der Waals surface area contributed by atoms with E-state index in [1.807, 2.05) is 0 Å². The fraction of sp³-hybridized carbons (Fsp3) is 0.786. The molecule has 1 saturated carbocycles. The zero-order valence-corrected chi connectivity index (χ0v) is 12.1. The Morgan fingerprint density at radius 2 is 2.00 bits per heavy atom. The molecule has 0 radical (unpaired) electrons. The first kappa shape index (κ1) is 12.9. The molecule has 3 heteroatoms. The van der Waals surface area contributed by atoms with Crippen molar-refractivity contribution in [3.8, 4) is 0 Å². The first-order valence-electron chi connectivity index (χ1n) is 6.91. The van der Waals surface area contributed by atoms with Crippen LogP contribution in [0.3, 0.4) is 0 Å². The third-order valence-electron chi connectivity index (χ3n) is 4.00. The molecule has 1 fully saturated rings. The summed E-state index contributed by atoms with van der Waals surface area (Å²) in [5.41, 5.74) is 1.18. The molecule has 0 saturated heterocycles. The highest BCUT2D eigenvalue weighted by atomic mass is 32.1. The highest BCUT2D eigenvalue weighted by Gasteiger charge is 2.22. The molecule has 0 aliphatic heterocycles. The molecule has 1 aromatic rings. The summed E-state index contributed by atoms with van der Waals surface area (Å²) in [6, 6.07) is 0.625. The van der Waals surface area contributed by atoms with Crippen molar-refractivity contribution in [3.63, 3.8) is 0 Å². The maximum Gasteiger partial charge on any atom is 0.183 e. The zero-order chi connectivity index (χ0) is 12.3. The number of rotatable bonds is 4. The number of nitrogens with one attached hydrogen (secondary N) is 1. The summed E-state index contributed by atoms with van der Waals surface area (Å²) in [6.07, 6.45) is 8.27. The van der Waals surface area contributed by atoms with Crippen LogP contribution in [0.25, 0.3) is 0 Å². The van der Waals surface area contributed by atoms with Crippen molar-refractivity contribution in [3.05, 3.63) is 10.6 Å². The lowest BCUT2D eigenvalue weighted by Crippen LogP contribution is -2.30. The SMILES string of the molecule is CCC(Nc1nc(C)c(C)s1)C1CCCCC1. The van der Waals surface area contributed by atoms with Gasteiger partial charge in [0, 0.05) is 10.9 Å². The first-order chi connectivity index (χ1) is 8.20. The Morgan fingerprint density at radius 3 is 2.53 bits per heavy atom. The molecule has 1 aliphatic carbocycles. The molecule has 0 aromatic carbocycles. The van der Waals surface area contributed by atoms with Gasteiger partial charge in [0.2, 0.25) is 0 Å². The second-order valence-corrected chi connectivity index (χ2v) is 6.42. The number of thiazole rings is 1. The van der Waals surface area contributed by atoms with Gasteiger partial charge in [-0.2, -0.15) is 0 Å². The normalized spacial score (nSPS) is 19.2. The number of aryl methyl sites for hydroxylation is 2. The Labute approximate surface area is 109 Å². The van der Waals surface area contributed by atoms with Crippen molar-refractivity contribution >= 4 is 16.5 Å². The lowest BCUT2D eigenvalue weighted by Gasteiger charge is -2.30. The Balaban J connectivity index is 1.98. The van der Waals surface area contributed by atoms with Gasteiger partial charge in [0.25, 0.3) is 0 Å². The molecule has 0 bridgehead atoms. The van der Waals surface area contributed by atoms with Crippen molar-refractivity contribution in [2.45, 2.75) is 65.3 Å². The minimum atomic E-state index is 0.625. The Hall–Kier alpha value is -0.570. The van der Waals surface area contributed by atoms with Gasteiger partial charge in [-0.1, -0.05) is 26.2 Å². The molecule has 1 heterocycles. The van der Waals surface area contributed by atoms with Crippen molar-refractivity contribution in [2.75, 3.05) is 5.32 Å². The minimum Gasteiger partial charge on any atom is -0.359 e. The lowest BCUT2D eigenvalue weighted by atomic mass is 9.83. The van der Waals surface area contributed by atoms with Crippen LogP contribution in [-0.4, -0.2) is 11.0 Å². The quantitative estimate of drug-likeness (QED) is 0.851. The minimum absolute atomic E-state index is 0.625. The number of nitrogens with zero attached hydrogens (tertiary/aromatic N) is 1. The largest absolute Gasteiger partial charge is 0.359 e. The van der Waals surface area contributed by atoms with E-state index in [1.54, 1.807) is 11.3 Å². The maximum atomic E-state index is 4.60. The van der Waals surface area contributed by atoms with Crippen molar-refractivity contribution in [1.29, 1.82) is 0 Å². The molecule has 0 amide bonds. The monoisotopic (exact) mass is 252 g/mol. The van der Waals surface area contributed by atoms with Crippen LogP contribution < -0.4 is 5.32 Å². The van der Waals surface area contributed by atoms with Gasteiger partial charge >= 0.3 is 0 Å². The molecule has 0 spiro atoms. The van der Waals surface area contributed by atoms with Crippen LogP contribution in [0.4, 0.5) is 5.13 Å². The lowest BCUT2D eigenvalue weighted by molar-refractivity contribution is 0.313. The van der Waals surface area contributed by atoms with Gasteiger partial charge < -0.3 is 5.32 Å². The summed E-state index contributed by atoms with van der Waals surface area (Å²) in [6.45, 7) is 6.54. The van der Waals surface area contributed by atoms with E-state index in [0.717, 1.165) is 11.0 Å². The summed E-state index contributed by atoms with van der Waals surface area (Å²) in [7, 11) is 0. The van der Waals surface area contributed by atoms with Gasteiger partial charge in [-0.25, -0.2) is 4.98 Å². The van der Waals surface area contributed by atoms with E-state index in [4.69, 9.17) is 0 Å². The molecular weight excluding hydrogens is 228 g/mol. The van der Waals surface area contributed by atoms with E-state index < -0.39 is 0 Å². The Bertz CT molecular complexity index is 334. The molecule has 1 N–H and O–H groups in total. The van der Waals surface area contributed by atoms with Crippen LogP contribution in [-0.2, 0) is 0 Å². The van der Waals surface area contributed by atoms with Crippen molar-refractivity contribution < 1.29 is 0 Å². The summed E-state index contributed by atoms with van der Waals surface area (Å²) in [5, 5.41) is 4.79. The van der Waals surface area contributed by atoms with Crippen LogP contribution in [0, 0.1) is 19.8 Å². The summed E-state index contributed by atoms with van der Waals surface area (Å²) in [5.74, 6) is 0.860. The first-order valence-corrected chi connectivity index (χ1v) is 7.73. The molecule has 1 aromatic heterocycles. The molecule has 2 rings (SSSR count). The molecular formula is C14H24N2S. The predicted octanol–water partition coefficient (Wildman–Crippen LogP) is 4.53. The second kappa shape index (κ2) is 5.85. The molecule has 96 valence electrons. The van der Waals surface area contributed by atoms with Gasteiger partial charge in [0.15, 0.2) is 5.13 Å². The molecule has 1 unspecified atom stereocenters. The fourth-order valence-corrected chi connectivity index (χ4v) is 3.66. The van der Waals surface area contributed by atoms with Crippen LogP contribution in [0.5, 0.6) is 0 Å². The highest BCUT2D eigenvalue weighted by molar-refractivity contribution is 7.15. The number of anilines is 1. The van der Waals surface area contributed by atoms with E-state index >= 15 is 0 Å². The third kappa shape index (κ3) is 3.21. The second-order valence-electron chi connectivity index (χ2n) is 5.22. The number of aromatic nitrogens is 1. The average molecular weight is 252 g/mol. The van der Waals surface area contributed by atoms with Gasteiger partial charge in [-0.05, 0) is 39.0 Å². The predicted molar refractivity (Wildman–Crippen MR) is 75.9 cm³/mol. The van der Waals surface area contributed by atoms with Gasteiger partial charge in [0.1, 0.15) is 0 Å². The molecule has 1 aliphatic rings. The van der Waals surface area contributed by atoms with Gasteiger partial charge in [0.05, 0.1) is 5.69 Å². The molecule has 2 nitrogen and oxygen atoms in total. The zero-order valence-electron chi connectivity index (χ0n) is 11.3. The van der Waals surface area contributed by atoms with E-state index in [-0.39, 0.29) is 0 Å². The smallest absolute Gasteiger partial charge is 0.183 e. The number of hydrogen-bond acceptors (Lipinski definition) is 3. The van der Waals surface area contributed by atoms with Crippen LogP contribution in [0.2, 0.25) is 0 Å². The van der Waals surface area contributed by atoms with Gasteiger partial charge in [-0.15, -0.1) is 11.3 Å². The summed E-state index contributed by atoms with van der Waals surface area (Å²) < 4.78 is 0. The summed E-state index contributed by atoms with van der Waals surface area (Å²) >= 11 is 1.80.